The maximum absolute atomic E-state index is 12.8. The van der Waals surface area contributed by atoms with Crippen LogP contribution >= 0.6 is 11.3 Å². The molecule has 4 N–H and O–H groups in total. The van der Waals surface area contributed by atoms with Crippen molar-refractivity contribution in [1.29, 1.82) is 0 Å². The number of hydrogen-bond donors (Lipinski definition) is 3. The lowest BCUT2D eigenvalue weighted by atomic mass is 10.1. The minimum atomic E-state index is -0.597. The summed E-state index contributed by atoms with van der Waals surface area (Å²) in [5.41, 5.74) is 4.93. The van der Waals surface area contributed by atoms with Crippen molar-refractivity contribution in [3.63, 3.8) is 0 Å². The monoisotopic (exact) mass is 486 g/mol. The van der Waals surface area contributed by atoms with Gasteiger partial charge in [0.1, 0.15) is 23.3 Å². The fraction of sp³-hybridized carbons (Fsp3) is 0.435. The van der Waals surface area contributed by atoms with Gasteiger partial charge < -0.3 is 20.7 Å². The number of carbonyl (C=O) groups is 3. The zero-order valence-electron chi connectivity index (χ0n) is 19.9. The second-order valence-corrected chi connectivity index (χ2v) is 10.3. The van der Waals surface area contributed by atoms with Crippen LogP contribution < -0.4 is 16.4 Å². The molecule has 2 aromatic heterocycles. The topological polar surface area (TPSA) is 139 Å². The van der Waals surface area contributed by atoms with Gasteiger partial charge in [-0.2, -0.15) is 0 Å². The lowest BCUT2D eigenvalue weighted by Crippen LogP contribution is -2.42. The summed E-state index contributed by atoms with van der Waals surface area (Å²) >= 11 is 1.51. The molecule has 1 fully saturated rings. The largest absolute Gasteiger partial charge is 0.444 e. The Morgan fingerprint density at radius 3 is 2.79 bits per heavy atom. The molecule has 1 aliphatic heterocycles. The van der Waals surface area contributed by atoms with Crippen molar-refractivity contribution in [2.75, 3.05) is 12.4 Å². The summed E-state index contributed by atoms with van der Waals surface area (Å²) in [5, 5.41) is 6.55. The van der Waals surface area contributed by atoms with Crippen LogP contribution in [0.4, 0.5) is 10.6 Å². The number of nitrogens with two attached hydrogens (primary N) is 1. The summed E-state index contributed by atoms with van der Waals surface area (Å²) in [6.07, 6.45) is 3.58. The third kappa shape index (κ3) is 6.31. The van der Waals surface area contributed by atoms with Gasteiger partial charge in [0.05, 0.1) is 18.4 Å². The van der Waals surface area contributed by atoms with Gasteiger partial charge in [-0.1, -0.05) is 6.92 Å². The number of anilines is 1. The first kappa shape index (κ1) is 25.2. The van der Waals surface area contributed by atoms with Gasteiger partial charge in [0.15, 0.2) is 6.29 Å². The highest BCUT2D eigenvalue weighted by molar-refractivity contribution is 7.19. The van der Waals surface area contributed by atoms with E-state index in [1.807, 2.05) is 24.9 Å². The molecule has 0 radical (unpaired) electrons. The van der Waals surface area contributed by atoms with Gasteiger partial charge in [-0.3, -0.25) is 14.9 Å². The number of nitrogens with zero attached hydrogens (tertiary/aromatic N) is 3. The van der Waals surface area contributed by atoms with Gasteiger partial charge in [-0.15, -0.1) is 11.3 Å². The number of fused-ring (bicyclic) bond motifs is 1. The first-order chi connectivity index (χ1) is 16.0. The molecule has 0 unspecified atom stereocenters. The Kier molecular flexibility index (Phi) is 7.55. The number of nitrogens with one attached hydrogen (secondary N) is 2. The molecule has 11 heteroatoms. The molecular weight excluding hydrogens is 456 g/mol. The molecule has 0 saturated carbocycles. The zero-order valence-corrected chi connectivity index (χ0v) is 20.7. The Bertz CT molecular complexity index is 1150. The fourth-order valence-corrected chi connectivity index (χ4v) is 4.63. The van der Waals surface area contributed by atoms with Crippen molar-refractivity contribution in [2.45, 2.75) is 52.3 Å². The van der Waals surface area contributed by atoms with Crippen LogP contribution in [0.1, 0.15) is 39.0 Å². The lowest BCUT2D eigenvalue weighted by molar-refractivity contribution is -0.124. The molecule has 182 valence electrons. The average Bonchev–Trinajstić information content (AvgIpc) is 3.28. The Hall–Kier alpha value is -3.47. The zero-order chi connectivity index (χ0) is 25.0. The van der Waals surface area contributed by atoms with E-state index in [9.17, 15) is 14.4 Å². The number of hydrogen-bond acceptors (Lipinski definition) is 8. The molecule has 2 amide bonds. The van der Waals surface area contributed by atoms with Crippen molar-refractivity contribution in [3.8, 4) is 0 Å². The van der Waals surface area contributed by atoms with E-state index < -0.39 is 11.7 Å². The molecular formula is C23H30N6O4S. The average molecular weight is 487 g/mol. The quantitative estimate of drug-likeness (QED) is 0.421. The number of pyridine rings is 1. The molecule has 10 nitrogen and oxygen atoms in total. The molecule has 1 saturated heterocycles. The van der Waals surface area contributed by atoms with Crippen molar-refractivity contribution < 1.29 is 19.1 Å². The van der Waals surface area contributed by atoms with Crippen LogP contribution in [0, 0.1) is 5.92 Å². The van der Waals surface area contributed by atoms with Crippen molar-refractivity contribution in [2.24, 2.45) is 16.6 Å². The number of aldehydes is 1. The molecule has 2 atom stereocenters. The summed E-state index contributed by atoms with van der Waals surface area (Å²) in [6, 6.07) is 3.38. The van der Waals surface area contributed by atoms with Crippen molar-refractivity contribution in [3.05, 3.63) is 35.1 Å². The number of carbonyl (C=O) groups excluding carboxylic acids is 3. The lowest BCUT2D eigenvalue weighted by Gasteiger charge is -2.21. The predicted octanol–water partition coefficient (Wildman–Crippen LogP) is 3.00. The number of likely N-dealkylation sites (tertiary alicyclic amines) is 1. The summed E-state index contributed by atoms with van der Waals surface area (Å²) in [6.45, 7) is 7.73. The molecule has 2 aromatic rings. The smallest absolute Gasteiger partial charge is 0.413 e. The first-order valence-corrected chi connectivity index (χ1v) is 11.7. The standard InChI is InChI=1S/C23H30N6O4S/c1-13-6-17(29(5)20(13)26-10-15(24)12-30)21(31)27-11-16-7-14-9-25-19(8-18(14)34-16)28-22(32)33-23(2,3)4/h7-10,12-13,17H,6,11,24H2,1-5H3,(H,27,31)(H,25,28,32)/b15-10+,26-20?/t13-,17-/m0/s1. The number of amidine groups is 1. The molecule has 1 aliphatic rings. The van der Waals surface area contributed by atoms with Crippen molar-refractivity contribution >= 4 is 51.4 Å². The number of thiophene rings is 1. The number of amides is 2. The molecule has 0 aromatic carbocycles. The molecule has 34 heavy (non-hydrogen) atoms. The van der Waals surface area contributed by atoms with E-state index in [1.54, 1.807) is 33.0 Å². The van der Waals surface area contributed by atoms with Crippen LogP contribution in [0.25, 0.3) is 10.1 Å². The SMILES string of the molecule is C[C@H]1C[C@@H](C(=O)NCc2cc3cnc(NC(=O)OC(C)(C)C)cc3s2)N(C)C1=N/C=C(/N)C=O. The van der Waals surface area contributed by atoms with E-state index in [2.05, 4.69) is 20.6 Å². The van der Waals surface area contributed by atoms with E-state index in [-0.39, 0.29) is 23.6 Å². The van der Waals surface area contributed by atoms with Crippen LogP contribution in [-0.2, 0) is 20.9 Å². The third-order valence-electron chi connectivity index (χ3n) is 5.15. The second kappa shape index (κ2) is 10.2. The van der Waals surface area contributed by atoms with Crippen LogP contribution in [0.2, 0.25) is 0 Å². The van der Waals surface area contributed by atoms with E-state index >= 15 is 0 Å². The van der Waals surface area contributed by atoms with Gasteiger partial charge in [0.2, 0.25) is 5.91 Å². The van der Waals surface area contributed by atoms with Gasteiger partial charge in [-0.05, 0) is 39.3 Å². The Balaban J connectivity index is 1.62. The van der Waals surface area contributed by atoms with Crippen LogP contribution in [0.5, 0.6) is 0 Å². The van der Waals surface area contributed by atoms with Crippen molar-refractivity contribution in [1.82, 2.24) is 15.2 Å². The number of aliphatic imine (C=N–C) groups is 1. The van der Waals surface area contributed by atoms with Crippen LogP contribution in [0.3, 0.4) is 0 Å². The van der Waals surface area contributed by atoms with E-state index in [0.29, 0.717) is 30.9 Å². The second-order valence-electron chi connectivity index (χ2n) is 9.16. The highest BCUT2D eigenvalue weighted by Gasteiger charge is 2.36. The number of allylic oxidation sites excluding steroid dienone is 1. The molecule has 3 heterocycles. The fourth-order valence-electron chi connectivity index (χ4n) is 3.62. The normalized spacial score (nSPS) is 20.0. The first-order valence-electron chi connectivity index (χ1n) is 10.8. The number of rotatable bonds is 6. The summed E-state index contributed by atoms with van der Waals surface area (Å²) in [4.78, 5) is 46.8. The molecule has 3 rings (SSSR count). The maximum atomic E-state index is 12.8. The number of ether oxygens (including phenoxy) is 1. The summed E-state index contributed by atoms with van der Waals surface area (Å²) in [7, 11) is 1.81. The van der Waals surface area contributed by atoms with Crippen LogP contribution in [-0.4, -0.2) is 52.7 Å². The van der Waals surface area contributed by atoms with Gasteiger partial charge >= 0.3 is 6.09 Å². The maximum Gasteiger partial charge on any atom is 0.413 e. The predicted molar refractivity (Wildman–Crippen MR) is 132 cm³/mol. The highest BCUT2D eigenvalue weighted by Crippen LogP contribution is 2.28. The number of likely N-dealkylation sites (N-methyl/N-ethyl adjacent to an activating group) is 1. The van der Waals surface area contributed by atoms with E-state index in [4.69, 9.17) is 10.5 Å². The molecule has 0 bridgehead atoms. The minimum Gasteiger partial charge on any atom is -0.444 e. The Morgan fingerprint density at radius 2 is 2.12 bits per heavy atom. The van der Waals surface area contributed by atoms with E-state index in [0.717, 1.165) is 15.0 Å². The number of aromatic nitrogens is 1. The van der Waals surface area contributed by atoms with Gasteiger partial charge in [-0.25, -0.2) is 14.8 Å². The highest BCUT2D eigenvalue weighted by atomic mass is 32.1. The van der Waals surface area contributed by atoms with E-state index in [1.165, 1.54) is 17.5 Å². The minimum absolute atomic E-state index is 0.0321. The Labute approximate surface area is 202 Å². The van der Waals surface area contributed by atoms with Gasteiger partial charge in [0, 0.05) is 34.1 Å². The third-order valence-corrected chi connectivity index (χ3v) is 6.25. The molecule has 0 spiro atoms. The summed E-state index contributed by atoms with van der Waals surface area (Å²) in [5.74, 6) is 1.07. The molecule has 0 aliphatic carbocycles. The Morgan fingerprint density at radius 1 is 1.38 bits per heavy atom. The van der Waals surface area contributed by atoms with Gasteiger partial charge in [0.25, 0.3) is 0 Å². The summed E-state index contributed by atoms with van der Waals surface area (Å²) < 4.78 is 6.19. The van der Waals surface area contributed by atoms with Crippen LogP contribution in [0.15, 0.2) is 35.2 Å².